The SMILES string of the molecule is CNc1cc(Nc2cc(-c3ccc4cnn(C)c4c3)ncn2)c(OC)cc1N1CCC(N2CCN(C3COC3)CC2)CC1. The van der Waals surface area contributed by atoms with E-state index >= 15 is 0 Å². The van der Waals surface area contributed by atoms with Crippen LogP contribution in [0.4, 0.5) is 22.9 Å². The lowest BCUT2D eigenvalue weighted by Crippen LogP contribution is -2.59. The Hall–Kier alpha value is -3.93. The molecule has 0 radical (unpaired) electrons. The first-order valence-electron chi connectivity index (χ1n) is 15.3. The summed E-state index contributed by atoms with van der Waals surface area (Å²) >= 11 is 0. The molecule has 3 saturated heterocycles. The van der Waals surface area contributed by atoms with Crippen LogP contribution in [0.2, 0.25) is 0 Å². The Balaban J connectivity index is 1.04. The third-order valence-electron chi connectivity index (χ3n) is 9.37. The van der Waals surface area contributed by atoms with Crippen LogP contribution in [-0.4, -0.2) is 108 Å². The molecule has 0 atom stereocenters. The number of benzene rings is 2. The van der Waals surface area contributed by atoms with Crippen LogP contribution < -0.4 is 20.3 Å². The van der Waals surface area contributed by atoms with Crippen molar-refractivity contribution in [2.24, 2.45) is 7.05 Å². The predicted molar refractivity (Wildman–Crippen MR) is 171 cm³/mol. The van der Waals surface area contributed by atoms with Crippen LogP contribution in [-0.2, 0) is 11.8 Å². The molecule has 11 nitrogen and oxygen atoms in total. The molecule has 3 aliphatic heterocycles. The van der Waals surface area contributed by atoms with Crippen LogP contribution in [0.3, 0.4) is 0 Å². The molecular formula is C32H41N9O2. The van der Waals surface area contributed by atoms with Crippen molar-refractivity contribution in [2.45, 2.75) is 24.9 Å². The standard InChI is InChI=1S/C32H41N9O2/c1-33-27-15-28(37-32-16-26(34-21-35-32)22-4-5-23-18-36-38(2)29(23)14-22)31(42-3)17-30(27)41-8-6-24(7-9-41)39-10-12-40(13-11-39)25-19-43-20-25/h4-5,14-18,21,24-25,33H,6-13,19-20H2,1-3H3,(H,34,35,37). The van der Waals surface area contributed by atoms with Crippen molar-refractivity contribution in [3.8, 4) is 17.0 Å². The number of hydrogen-bond donors (Lipinski definition) is 2. The second-order valence-electron chi connectivity index (χ2n) is 11.8. The maximum absolute atomic E-state index is 5.88. The minimum absolute atomic E-state index is 0.648. The Morgan fingerprint density at radius 1 is 0.884 bits per heavy atom. The molecule has 0 spiro atoms. The summed E-state index contributed by atoms with van der Waals surface area (Å²) < 4.78 is 13.2. The molecule has 0 aliphatic carbocycles. The second kappa shape index (κ2) is 12.0. The topological polar surface area (TPSA) is 95.8 Å². The number of nitrogens with one attached hydrogen (secondary N) is 2. The molecule has 2 N–H and O–H groups in total. The fraction of sp³-hybridized carbons (Fsp3) is 0.469. The highest BCUT2D eigenvalue weighted by Gasteiger charge is 2.32. The van der Waals surface area contributed by atoms with Crippen molar-refractivity contribution in [1.82, 2.24) is 29.5 Å². The van der Waals surface area contributed by atoms with Crippen molar-refractivity contribution in [2.75, 3.05) is 82.2 Å². The third kappa shape index (κ3) is 5.60. The summed E-state index contributed by atoms with van der Waals surface area (Å²) in [5.41, 5.74) is 6.00. The van der Waals surface area contributed by atoms with Crippen molar-refractivity contribution < 1.29 is 9.47 Å². The summed E-state index contributed by atoms with van der Waals surface area (Å²) in [7, 11) is 5.65. The molecule has 5 heterocycles. The van der Waals surface area contributed by atoms with Crippen LogP contribution in [0.1, 0.15) is 12.8 Å². The smallest absolute Gasteiger partial charge is 0.144 e. The number of piperidine rings is 1. The molecule has 0 unspecified atom stereocenters. The fourth-order valence-corrected chi connectivity index (χ4v) is 6.70. The van der Waals surface area contributed by atoms with E-state index in [1.54, 1.807) is 13.4 Å². The summed E-state index contributed by atoms with van der Waals surface area (Å²) in [5.74, 6) is 1.48. The van der Waals surface area contributed by atoms with Gasteiger partial charge in [0.1, 0.15) is 17.9 Å². The summed E-state index contributed by atoms with van der Waals surface area (Å²) in [6.45, 7) is 8.54. The van der Waals surface area contributed by atoms with E-state index in [0.29, 0.717) is 17.9 Å². The summed E-state index contributed by atoms with van der Waals surface area (Å²) in [5, 5.41) is 12.4. The molecule has 0 amide bonds. The highest BCUT2D eigenvalue weighted by atomic mass is 16.5. The zero-order chi connectivity index (χ0) is 29.3. The molecule has 43 heavy (non-hydrogen) atoms. The van der Waals surface area contributed by atoms with Crippen LogP contribution in [0, 0.1) is 0 Å². The highest BCUT2D eigenvalue weighted by Crippen LogP contribution is 2.39. The van der Waals surface area contributed by atoms with E-state index in [0.717, 1.165) is 78.7 Å². The molecule has 0 bridgehead atoms. The van der Waals surface area contributed by atoms with Gasteiger partial charge in [0.05, 0.1) is 60.8 Å². The Morgan fingerprint density at radius 2 is 1.65 bits per heavy atom. The zero-order valence-electron chi connectivity index (χ0n) is 25.3. The van der Waals surface area contributed by atoms with Crippen LogP contribution in [0.15, 0.2) is 48.9 Å². The van der Waals surface area contributed by atoms with Gasteiger partial charge in [0.15, 0.2) is 0 Å². The number of hydrogen-bond acceptors (Lipinski definition) is 10. The van der Waals surface area contributed by atoms with Gasteiger partial charge in [0.25, 0.3) is 0 Å². The monoisotopic (exact) mass is 583 g/mol. The minimum atomic E-state index is 0.648. The number of nitrogens with zero attached hydrogens (tertiary/aromatic N) is 7. The number of aromatic nitrogens is 4. The number of fused-ring (bicyclic) bond motifs is 1. The highest BCUT2D eigenvalue weighted by molar-refractivity contribution is 5.85. The van der Waals surface area contributed by atoms with Gasteiger partial charge in [-0.05, 0) is 25.0 Å². The first kappa shape index (κ1) is 27.9. The van der Waals surface area contributed by atoms with Gasteiger partial charge in [-0.1, -0.05) is 12.1 Å². The summed E-state index contributed by atoms with van der Waals surface area (Å²) in [4.78, 5) is 16.9. The maximum Gasteiger partial charge on any atom is 0.144 e. The zero-order valence-corrected chi connectivity index (χ0v) is 25.3. The van der Waals surface area contributed by atoms with Gasteiger partial charge in [-0.3, -0.25) is 14.5 Å². The number of anilines is 4. The number of piperazine rings is 1. The fourth-order valence-electron chi connectivity index (χ4n) is 6.70. The van der Waals surface area contributed by atoms with Gasteiger partial charge in [-0.15, -0.1) is 0 Å². The normalized spacial score (nSPS) is 19.0. The van der Waals surface area contributed by atoms with Gasteiger partial charge >= 0.3 is 0 Å². The van der Waals surface area contributed by atoms with E-state index in [2.05, 4.69) is 70.7 Å². The Bertz CT molecular complexity index is 1570. The molecular weight excluding hydrogens is 542 g/mol. The van der Waals surface area contributed by atoms with E-state index in [4.69, 9.17) is 9.47 Å². The molecule has 11 heteroatoms. The van der Waals surface area contributed by atoms with Gasteiger partial charge < -0.3 is 25.0 Å². The van der Waals surface area contributed by atoms with Gasteiger partial charge in [-0.2, -0.15) is 5.10 Å². The van der Waals surface area contributed by atoms with Crippen molar-refractivity contribution >= 4 is 33.8 Å². The van der Waals surface area contributed by atoms with E-state index < -0.39 is 0 Å². The van der Waals surface area contributed by atoms with Gasteiger partial charge in [0.2, 0.25) is 0 Å². The molecule has 3 aliphatic rings. The first-order valence-corrected chi connectivity index (χ1v) is 15.3. The largest absolute Gasteiger partial charge is 0.494 e. The number of aryl methyl sites for hydroxylation is 1. The summed E-state index contributed by atoms with van der Waals surface area (Å²) in [6, 6.07) is 13.8. The summed E-state index contributed by atoms with van der Waals surface area (Å²) in [6.07, 6.45) is 5.81. The van der Waals surface area contributed by atoms with Crippen LogP contribution >= 0.6 is 0 Å². The van der Waals surface area contributed by atoms with Gasteiger partial charge in [-0.25, -0.2) is 9.97 Å². The number of methoxy groups -OCH3 is 1. The number of rotatable bonds is 8. The average molecular weight is 584 g/mol. The Morgan fingerprint density at radius 3 is 2.35 bits per heavy atom. The second-order valence-corrected chi connectivity index (χ2v) is 11.8. The van der Waals surface area contributed by atoms with Crippen molar-refractivity contribution in [1.29, 1.82) is 0 Å². The van der Waals surface area contributed by atoms with E-state index in [1.807, 2.05) is 31.0 Å². The lowest BCUT2D eigenvalue weighted by Gasteiger charge is -2.46. The van der Waals surface area contributed by atoms with Gasteiger partial charge in [0, 0.05) is 82.5 Å². The Kier molecular flexibility index (Phi) is 7.77. The third-order valence-corrected chi connectivity index (χ3v) is 9.37. The number of ether oxygens (including phenoxy) is 2. The Labute approximate surface area is 252 Å². The quantitative estimate of drug-likeness (QED) is 0.319. The first-order chi connectivity index (χ1) is 21.1. The lowest BCUT2D eigenvalue weighted by molar-refractivity contribution is -0.0803. The minimum Gasteiger partial charge on any atom is -0.494 e. The predicted octanol–water partition coefficient (Wildman–Crippen LogP) is 3.81. The average Bonchev–Trinajstić information content (AvgIpc) is 3.40. The molecule has 4 aromatic rings. The molecule has 7 rings (SSSR count). The van der Waals surface area contributed by atoms with E-state index in [9.17, 15) is 0 Å². The lowest BCUT2D eigenvalue weighted by atomic mass is 10.0. The molecule has 3 fully saturated rings. The van der Waals surface area contributed by atoms with E-state index in [1.165, 1.54) is 31.6 Å². The maximum atomic E-state index is 5.88. The van der Waals surface area contributed by atoms with E-state index in [-0.39, 0.29) is 0 Å². The molecule has 2 aromatic carbocycles. The molecule has 2 aromatic heterocycles. The molecule has 226 valence electrons. The molecule has 0 saturated carbocycles. The van der Waals surface area contributed by atoms with Crippen molar-refractivity contribution in [3.05, 3.63) is 48.9 Å². The van der Waals surface area contributed by atoms with Crippen molar-refractivity contribution in [3.63, 3.8) is 0 Å². The van der Waals surface area contributed by atoms with Crippen LogP contribution in [0.5, 0.6) is 5.75 Å². The van der Waals surface area contributed by atoms with Crippen LogP contribution in [0.25, 0.3) is 22.2 Å².